The number of hydrogen-bond donors (Lipinski definition) is 1. The molecule has 0 amide bonds. The highest BCUT2D eigenvalue weighted by molar-refractivity contribution is 5.21. The summed E-state index contributed by atoms with van der Waals surface area (Å²) in [5.41, 5.74) is 0.797. The Morgan fingerprint density at radius 3 is 2.65 bits per heavy atom. The van der Waals surface area contributed by atoms with E-state index in [1.807, 2.05) is 12.1 Å². The van der Waals surface area contributed by atoms with Gasteiger partial charge in [-0.05, 0) is 38.9 Å². The molecule has 0 aromatic heterocycles. The van der Waals surface area contributed by atoms with E-state index in [1.165, 1.54) is 25.7 Å². The van der Waals surface area contributed by atoms with Crippen LogP contribution in [0.3, 0.4) is 0 Å². The molecule has 1 aromatic rings. The highest BCUT2D eigenvalue weighted by atomic mass is 19.1. The van der Waals surface area contributed by atoms with Gasteiger partial charge in [0.05, 0.1) is 0 Å². The molecule has 0 radical (unpaired) electrons. The Bertz CT molecular complexity index is 402. The molecule has 1 aliphatic carbocycles. The van der Waals surface area contributed by atoms with Crippen LogP contribution in [0.5, 0.6) is 0 Å². The monoisotopic (exact) mass is 278 g/mol. The van der Waals surface area contributed by atoms with Crippen LogP contribution in [-0.2, 0) is 0 Å². The molecule has 1 atom stereocenters. The topological polar surface area (TPSA) is 15.3 Å². The van der Waals surface area contributed by atoms with Crippen LogP contribution >= 0.6 is 0 Å². The van der Waals surface area contributed by atoms with Crippen molar-refractivity contribution in [3.63, 3.8) is 0 Å². The van der Waals surface area contributed by atoms with Crippen LogP contribution in [0.25, 0.3) is 0 Å². The van der Waals surface area contributed by atoms with Gasteiger partial charge in [0.25, 0.3) is 0 Å². The first-order chi connectivity index (χ1) is 9.72. The summed E-state index contributed by atoms with van der Waals surface area (Å²) >= 11 is 0. The average molecular weight is 278 g/mol. The third kappa shape index (κ3) is 4.03. The second-order valence-corrected chi connectivity index (χ2v) is 5.91. The molecule has 1 aliphatic rings. The van der Waals surface area contributed by atoms with E-state index in [2.05, 4.69) is 24.2 Å². The van der Waals surface area contributed by atoms with Crippen LogP contribution in [0.15, 0.2) is 24.3 Å². The van der Waals surface area contributed by atoms with E-state index in [-0.39, 0.29) is 11.9 Å². The van der Waals surface area contributed by atoms with E-state index in [9.17, 15) is 4.39 Å². The molecule has 0 saturated heterocycles. The van der Waals surface area contributed by atoms with Gasteiger partial charge < -0.3 is 10.2 Å². The van der Waals surface area contributed by atoms with Crippen molar-refractivity contribution in [2.75, 3.05) is 20.1 Å². The van der Waals surface area contributed by atoms with Crippen LogP contribution in [-0.4, -0.2) is 31.1 Å². The molecule has 1 N–H and O–H groups in total. The van der Waals surface area contributed by atoms with Gasteiger partial charge in [0.2, 0.25) is 0 Å². The van der Waals surface area contributed by atoms with Gasteiger partial charge in [-0.25, -0.2) is 4.39 Å². The van der Waals surface area contributed by atoms with Crippen molar-refractivity contribution < 1.29 is 4.39 Å². The Morgan fingerprint density at radius 1 is 1.30 bits per heavy atom. The molecular weight excluding hydrogens is 251 g/mol. The first-order valence-corrected chi connectivity index (χ1v) is 7.90. The van der Waals surface area contributed by atoms with E-state index >= 15 is 0 Å². The maximum Gasteiger partial charge on any atom is 0.128 e. The minimum atomic E-state index is -0.0964. The van der Waals surface area contributed by atoms with Crippen LogP contribution < -0.4 is 5.32 Å². The summed E-state index contributed by atoms with van der Waals surface area (Å²) in [6, 6.07) is 7.91. The molecule has 112 valence electrons. The molecule has 0 heterocycles. The lowest BCUT2D eigenvalue weighted by Crippen LogP contribution is -2.38. The van der Waals surface area contributed by atoms with Gasteiger partial charge in [-0.2, -0.15) is 0 Å². The first-order valence-electron chi connectivity index (χ1n) is 7.90. The summed E-state index contributed by atoms with van der Waals surface area (Å²) in [5.74, 6) is -0.0964. The Kier molecular flexibility index (Phi) is 5.99. The van der Waals surface area contributed by atoms with Crippen LogP contribution in [0.2, 0.25) is 0 Å². The lowest BCUT2D eigenvalue weighted by Gasteiger charge is -2.30. The number of nitrogens with one attached hydrogen (secondary N) is 1. The molecule has 2 rings (SSSR count). The third-order valence-corrected chi connectivity index (χ3v) is 4.34. The number of likely N-dealkylation sites (N-methyl/N-ethyl adjacent to an activating group) is 1. The zero-order valence-electron chi connectivity index (χ0n) is 12.7. The Morgan fingerprint density at radius 2 is 2.00 bits per heavy atom. The largest absolute Gasteiger partial charge is 0.309 e. The summed E-state index contributed by atoms with van der Waals surface area (Å²) in [6.07, 6.45) is 6.31. The second kappa shape index (κ2) is 7.75. The molecule has 1 fully saturated rings. The highest BCUT2D eigenvalue weighted by Crippen LogP contribution is 2.25. The molecule has 1 saturated carbocycles. The third-order valence-electron chi connectivity index (χ3n) is 4.34. The summed E-state index contributed by atoms with van der Waals surface area (Å²) in [5, 5.41) is 3.50. The van der Waals surface area contributed by atoms with E-state index in [0.29, 0.717) is 6.04 Å². The lowest BCUT2D eigenvalue weighted by atomic mass is 10.0. The molecule has 1 aromatic carbocycles. The molecule has 20 heavy (non-hydrogen) atoms. The molecule has 1 unspecified atom stereocenters. The lowest BCUT2D eigenvalue weighted by molar-refractivity contribution is 0.217. The van der Waals surface area contributed by atoms with Crippen LogP contribution in [0.1, 0.15) is 50.6 Å². The zero-order chi connectivity index (χ0) is 14.4. The van der Waals surface area contributed by atoms with E-state index in [1.54, 1.807) is 12.1 Å². The normalized spacial score (nSPS) is 17.8. The van der Waals surface area contributed by atoms with Crippen molar-refractivity contribution in [3.05, 3.63) is 35.6 Å². The van der Waals surface area contributed by atoms with Gasteiger partial charge in [0.15, 0.2) is 0 Å². The summed E-state index contributed by atoms with van der Waals surface area (Å²) in [4.78, 5) is 2.41. The summed E-state index contributed by atoms with van der Waals surface area (Å²) < 4.78 is 14.0. The van der Waals surface area contributed by atoms with E-state index in [0.717, 1.165) is 25.1 Å². The first kappa shape index (κ1) is 15.5. The van der Waals surface area contributed by atoms with Crippen LogP contribution in [0, 0.1) is 5.82 Å². The number of nitrogens with zero attached hydrogens (tertiary/aromatic N) is 1. The highest BCUT2D eigenvalue weighted by Gasteiger charge is 2.23. The Balaban J connectivity index is 2.04. The predicted octanol–water partition coefficient (Wildman–Crippen LogP) is 3.74. The van der Waals surface area contributed by atoms with Crippen LogP contribution in [0.4, 0.5) is 4.39 Å². The van der Waals surface area contributed by atoms with Crippen molar-refractivity contribution in [3.8, 4) is 0 Å². The van der Waals surface area contributed by atoms with Gasteiger partial charge in [-0.15, -0.1) is 0 Å². The van der Waals surface area contributed by atoms with Gasteiger partial charge in [0, 0.05) is 24.2 Å². The Labute approximate surface area is 122 Å². The summed E-state index contributed by atoms with van der Waals surface area (Å²) in [7, 11) is 2.18. The zero-order valence-corrected chi connectivity index (χ0v) is 12.7. The van der Waals surface area contributed by atoms with Crippen molar-refractivity contribution >= 4 is 0 Å². The SMILES string of the molecule is CCCNC(CN(C)C1CCCC1)c1ccccc1F. The van der Waals surface area contributed by atoms with Gasteiger partial charge in [-0.1, -0.05) is 38.0 Å². The summed E-state index contributed by atoms with van der Waals surface area (Å²) in [6.45, 7) is 3.95. The molecule has 3 heteroatoms. The molecule has 2 nitrogen and oxygen atoms in total. The van der Waals surface area contributed by atoms with E-state index in [4.69, 9.17) is 0 Å². The maximum atomic E-state index is 14.0. The van der Waals surface area contributed by atoms with Gasteiger partial charge in [0.1, 0.15) is 5.82 Å². The van der Waals surface area contributed by atoms with E-state index < -0.39 is 0 Å². The average Bonchev–Trinajstić information content (AvgIpc) is 2.98. The fourth-order valence-electron chi connectivity index (χ4n) is 3.13. The molecule has 0 bridgehead atoms. The fourth-order valence-corrected chi connectivity index (χ4v) is 3.13. The van der Waals surface area contributed by atoms with Crippen molar-refractivity contribution in [1.82, 2.24) is 10.2 Å². The van der Waals surface area contributed by atoms with Gasteiger partial charge in [-0.3, -0.25) is 0 Å². The Hall–Kier alpha value is -0.930. The van der Waals surface area contributed by atoms with Crippen molar-refractivity contribution in [2.24, 2.45) is 0 Å². The standard InChI is InChI=1S/C17H27FN2/c1-3-12-19-17(15-10-6-7-11-16(15)18)13-20(2)14-8-4-5-9-14/h6-7,10-11,14,17,19H,3-5,8-9,12-13H2,1-2H3. The number of benzene rings is 1. The predicted molar refractivity (Wildman–Crippen MR) is 82.3 cm³/mol. The minimum Gasteiger partial charge on any atom is -0.309 e. The van der Waals surface area contributed by atoms with Crippen molar-refractivity contribution in [2.45, 2.75) is 51.1 Å². The second-order valence-electron chi connectivity index (χ2n) is 5.91. The molecule has 0 spiro atoms. The number of halogens is 1. The maximum absolute atomic E-state index is 14.0. The number of hydrogen-bond acceptors (Lipinski definition) is 2. The van der Waals surface area contributed by atoms with Gasteiger partial charge >= 0.3 is 0 Å². The molecular formula is C17H27FN2. The minimum absolute atomic E-state index is 0.0850. The molecule has 0 aliphatic heterocycles. The smallest absolute Gasteiger partial charge is 0.128 e. The quantitative estimate of drug-likeness (QED) is 0.817. The number of rotatable bonds is 7. The van der Waals surface area contributed by atoms with Crippen molar-refractivity contribution in [1.29, 1.82) is 0 Å². The fraction of sp³-hybridized carbons (Fsp3) is 0.647.